The van der Waals surface area contributed by atoms with E-state index in [1.807, 2.05) is 0 Å². The molecule has 0 N–H and O–H groups in total. The molecule has 0 aliphatic heterocycles. The van der Waals surface area contributed by atoms with Crippen LogP contribution in [0.3, 0.4) is 0 Å². The summed E-state index contributed by atoms with van der Waals surface area (Å²) in [7, 11) is 0. The maximum absolute atomic E-state index is 2.59. The molecule has 0 unspecified atom stereocenters. The summed E-state index contributed by atoms with van der Waals surface area (Å²) in [5.74, 6) is 0. The zero-order valence-corrected chi connectivity index (χ0v) is 34.6. The second-order valence-electron chi connectivity index (χ2n) is 17.8. The number of benzene rings is 10. The maximum Gasteiger partial charge on any atom is 0.0725 e. The predicted molar refractivity (Wildman–Crippen MR) is 261 cm³/mol. The number of fused-ring (bicyclic) bond motifs is 22. The minimum Gasteiger partial charge on any atom is -0.0622 e. The van der Waals surface area contributed by atoms with Gasteiger partial charge in [-0.3, -0.25) is 0 Å². The molecule has 0 saturated heterocycles. The highest BCUT2D eigenvalue weighted by Gasteiger charge is 2.53. The first kappa shape index (κ1) is 34.9. The van der Waals surface area contributed by atoms with Gasteiger partial charge in [-0.25, -0.2) is 0 Å². The van der Waals surface area contributed by atoms with E-state index in [0.717, 1.165) is 6.42 Å². The molecule has 0 amide bonds. The van der Waals surface area contributed by atoms with Gasteiger partial charge in [0.15, 0.2) is 0 Å². The van der Waals surface area contributed by atoms with E-state index in [0.29, 0.717) is 0 Å². The fourth-order valence-electron chi connectivity index (χ4n) is 12.7. The molecule has 0 atom stereocenters. The Morgan fingerprint density at radius 3 is 1.24 bits per heavy atom. The number of hydrogen-bond donors (Lipinski definition) is 0. The van der Waals surface area contributed by atoms with Crippen LogP contribution < -0.4 is 0 Å². The van der Waals surface area contributed by atoms with Crippen molar-refractivity contribution in [2.75, 3.05) is 0 Å². The summed E-state index contributed by atoms with van der Waals surface area (Å²) >= 11 is 0. The molecule has 10 aromatic carbocycles. The molecular formula is C63H40. The Hall–Kier alpha value is -7.80. The fraction of sp³-hybridized carbons (Fsp3) is 0.0476. The third-order valence-electron chi connectivity index (χ3n) is 15.0. The van der Waals surface area contributed by atoms with Crippen molar-refractivity contribution in [2.24, 2.45) is 0 Å². The van der Waals surface area contributed by atoms with Crippen LogP contribution >= 0.6 is 0 Å². The number of hydrogen-bond acceptors (Lipinski definition) is 0. The molecule has 0 fully saturated rings. The van der Waals surface area contributed by atoms with Crippen LogP contribution in [0.2, 0.25) is 0 Å². The van der Waals surface area contributed by atoms with E-state index >= 15 is 0 Å². The Balaban J connectivity index is 1.000. The Morgan fingerprint density at radius 1 is 0.317 bits per heavy atom. The molecule has 0 heterocycles. The van der Waals surface area contributed by atoms with E-state index in [2.05, 4.69) is 231 Å². The van der Waals surface area contributed by atoms with Crippen molar-refractivity contribution >= 4 is 22.4 Å². The topological polar surface area (TPSA) is 0 Å². The third kappa shape index (κ3) is 4.45. The second kappa shape index (κ2) is 12.9. The van der Waals surface area contributed by atoms with Crippen LogP contribution in [0.15, 0.2) is 224 Å². The van der Waals surface area contributed by atoms with Gasteiger partial charge in [-0.1, -0.05) is 224 Å². The van der Waals surface area contributed by atoms with Gasteiger partial charge in [0.25, 0.3) is 0 Å². The first-order chi connectivity index (χ1) is 31.3. The molecular weight excluding hydrogens is 757 g/mol. The van der Waals surface area contributed by atoms with E-state index in [-0.39, 0.29) is 5.41 Å². The van der Waals surface area contributed by atoms with Gasteiger partial charge in [0.05, 0.1) is 10.8 Å². The Labute approximate surface area is 368 Å². The molecule has 292 valence electrons. The first-order valence-electron chi connectivity index (χ1n) is 22.3. The molecule has 0 nitrogen and oxygen atoms in total. The zero-order chi connectivity index (χ0) is 41.3. The quantitative estimate of drug-likeness (QED) is 0.156. The predicted octanol–water partition coefficient (Wildman–Crippen LogP) is 15.3. The van der Waals surface area contributed by atoms with Gasteiger partial charge in [-0.05, 0) is 135 Å². The lowest BCUT2D eigenvalue weighted by atomic mass is 9.70. The van der Waals surface area contributed by atoms with E-state index in [4.69, 9.17) is 0 Å². The van der Waals surface area contributed by atoms with Crippen molar-refractivity contribution in [3.63, 3.8) is 0 Å². The first-order valence-corrected chi connectivity index (χ1v) is 22.3. The number of rotatable bonds is 4. The molecule has 0 radical (unpaired) electrons. The highest BCUT2D eigenvalue weighted by atomic mass is 14.5. The fourth-order valence-corrected chi connectivity index (χ4v) is 12.7. The van der Waals surface area contributed by atoms with Crippen LogP contribution in [0.25, 0.3) is 66.9 Å². The van der Waals surface area contributed by atoms with Gasteiger partial charge in [0, 0.05) is 0 Å². The SMILES string of the molecule is C(=C(\Cc1cc2c(c3ccccc13)-c1ccccc1C21c2ccccc2-c2ccccc21)c1ccccc1)/c1ccc2c(c1)C1(c3ccccc3-c3ccccc31)c1ccccc1-2. The molecule has 14 rings (SSSR count). The van der Waals surface area contributed by atoms with E-state index in [1.165, 1.54) is 122 Å². The van der Waals surface area contributed by atoms with Gasteiger partial charge < -0.3 is 0 Å². The van der Waals surface area contributed by atoms with Gasteiger partial charge >= 0.3 is 0 Å². The summed E-state index contributed by atoms with van der Waals surface area (Å²) in [6.07, 6.45) is 3.26. The lowest BCUT2D eigenvalue weighted by Gasteiger charge is -2.31. The molecule has 10 aromatic rings. The second-order valence-corrected chi connectivity index (χ2v) is 17.8. The van der Waals surface area contributed by atoms with Crippen LogP contribution in [0.4, 0.5) is 0 Å². The van der Waals surface area contributed by atoms with Crippen LogP contribution in [0.1, 0.15) is 61.2 Å². The van der Waals surface area contributed by atoms with Crippen LogP contribution in [0, 0.1) is 0 Å². The highest BCUT2D eigenvalue weighted by Crippen LogP contribution is 2.65. The Bertz CT molecular complexity index is 3490. The normalized spacial score (nSPS) is 14.8. The summed E-state index contributed by atoms with van der Waals surface area (Å²) in [4.78, 5) is 0. The van der Waals surface area contributed by atoms with Crippen molar-refractivity contribution < 1.29 is 0 Å². The average molecular weight is 797 g/mol. The lowest BCUT2D eigenvalue weighted by molar-refractivity contribution is 0.793. The Kier molecular flexibility index (Phi) is 7.12. The van der Waals surface area contributed by atoms with Crippen molar-refractivity contribution in [1.82, 2.24) is 0 Å². The standard InChI is InChI=1S/C63H40/c1-2-18-41(19-3-1)42(36-40-34-35-50-49-25-10-14-30-55(49)62(59(50)37-40)53-28-12-6-21-45(53)46-22-7-13-29-54(46)62)38-43-39-60-61(51-26-5-4-20-44(43)51)52-27-11-17-33-58(52)63(60)56-31-15-8-23-47(56)48-24-9-16-32-57(48)63/h1-37,39H,38H2/b42-36-. The maximum atomic E-state index is 2.59. The van der Waals surface area contributed by atoms with Crippen LogP contribution in [0.5, 0.6) is 0 Å². The molecule has 4 aliphatic rings. The molecule has 0 aromatic heterocycles. The summed E-state index contributed by atoms with van der Waals surface area (Å²) in [5, 5.41) is 2.63. The number of allylic oxidation sites excluding steroid dienone is 1. The Morgan fingerprint density at radius 2 is 0.714 bits per heavy atom. The summed E-state index contributed by atoms with van der Waals surface area (Å²) < 4.78 is 0. The molecule has 4 aliphatic carbocycles. The summed E-state index contributed by atoms with van der Waals surface area (Å²) in [6.45, 7) is 0. The van der Waals surface area contributed by atoms with Gasteiger partial charge in [0.2, 0.25) is 0 Å². The van der Waals surface area contributed by atoms with Crippen molar-refractivity contribution in [3.05, 3.63) is 286 Å². The average Bonchev–Trinajstić information content (AvgIpc) is 4.03. The van der Waals surface area contributed by atoms with E-state index in [1.54, 1.807) is 0 Å². The molecule has 0 saturated carbocycles. The molecule has 2 spiro atoms. The van der Waals surface area contributed by atoms with Crippen molar-refractivity contribution in [2.45, 2.75) is 17.3 Å². The third-order valence-corrected chi connectivity index (χ3v) is 15.0. The highest BCUT2D eigenvalue weighted by molar-refractivity contribution is 6.08. The molecule has 63 heavy (non-hydrogen) atoms. The summed E-state index contributed by atoms with van der Waals surface area (Å²) in [5.41, 5.74) is 26.0. The van der Waals surface area contributed by atoms with Gasteiger partial charge in [-0.15, -0.1) is 0 Å². The van der Waals surface area contributed by atoms with E-state index < -0.39 is 5.41 Å². The van der Waals surface area contributed by atoms with Crippen LogP contribution in [-0.4, -0.2) is 0 Å². The largest absolute Gasteiger partial charge is 0.0725 e. The van der Waals surface area contributed by atoms with Crippen molar-refractivity contribution in [1.29, 1.82) is 0 Å². The van der Waals surface area contributed by atoms with Crippen molar-refractivity contribution in [3.8, 4) is 44.5 Å². The monoisotopic (exact) mass is 796 g/mol. The van der Waals surface area contributed by atoms with Gasteiger partial charge in [-0.2, -0.15) is 0 Å². The zero-order valence-electron chi connectivity index (χ0n) is 34.6. The lowest BCUT2D eigenvalue weighted by Crippen LogP contribution is -2.26. The molecule has 0 heteroatoms. The minimum atomic E-state index is -0.411. The molecule has 0 bridgehead atoms. The van der Waals surface area contributed by atoms with Crippen LogP contribution in [-0.2, 0) is 17.3 Å². The minimum absolute atomic E-state index is 0.386. The van der Waals surface area contributed by atoms with Gasteiger partial charge in [0.1, 0.15) is 0 Å². The van der Waals surface area contributed by atoms with E-state index in [9.17, 15) is 0 Å². The summed E-state index contributed by atoms with van der Waals surface area (Å²) in [6, 6.07) is 84.8. The smallest absolute Gasteiger partial charge is 0.0622 e.